The summed E-state index contributed by atoms with van der Waals surface area (Å²) in [6, 6.07) is 10.5. The first-order valence-electron chi connectivity index (χ1n) is 8.43. The minimum atomic E-state index is -0.342. The number of aromatic amines is 1. The average Bonchev–Trinajstić information content (AvgIpc) is 3.05. The van der Waals surface area contributed by atoms with E-state index in [1.54, 1.807) is 0 Å². The van der Waals surface area contributed by atoms with Gasteiger partial charge in [-0.3, -0.25) is 4.79 Å². The van der Waals surface area contributed by atoms with E-state index in [9.17, 15) is 13.6 Å². The first-order valence-corrected chi connectivity index (χ1v) is 8.43. The van der Waals surface area contributed by atoms with Crippen LogP contribution in [0.2, 0.25) is 0 Å². The number of carbonyl (C=O) groups is 1. The Kier molecular flexibility index (Phi) is 3.99. The van der Waals surface area contributed by atoms with E-state index in [4.69, 9.17) is 0 Å². The van der Waals surface area contributed by atoms with E-state index in [-0.39, 0.29) is 17.5 Å². The summed E-state index contributed by atoms with van der Waals surface area (Å²) in [5.74, 6) is -0.303. The molecule has 0 aliphatic carbocycles. The number of fused-ring (bicyclic) bond motifs is 1. The molecule has 2 aromatic carbocycles. The molecule has 3 aromatic rings. The summed E-state index contributed by atoms with van der Waals surface area (Å²) in [7, 11) is 0. The molecule has 1 N–H and O–H groups in total. The zero-order chi connectivity index (χ0) is 17.4. The van der Waals surface area contributed by atoms with Gasteiger partial charge in [-0.05, 0) is 66.8 Å². The summed E-state index contributed by atoms with van der Waals surface area (Å²) < 4.78 is 26.3. The Hall–Kier alpha value is -2.69. The Morgan fingerprint density at radius 3 is 2.40 bits per heavy atom. The topological polar surface area (TPSA) is 36.1 Å². The lowest BCUT2D eigenvalue weighted by atomic mass is 9.89. The second-order valence-corrected chi connectivity index (χ2v) is 6.51. The number of carbonyl (C=O) groups excluding carboxylic acids is 1. The van der Waals surface area contributed by atoms with Gasteiger partial charge in [0.25, 0.3) is 5.91 Å². The van der Waals surface area contributed by atoms with Crippen molar-refractivity contribution in [2.75, 3.05) is 13.1 Å². The van der Waals surface area contributed by atoms with E-state index in [0.717, 1.165) is 23.7 Å². The molecule has 3 nitrogen and oxygen atoms in total. The van der Waals surface area contributed by atoms with Gasteiger partial charge in [-0.1, -0.05) is 0 Å². The van der Waals surface area contributed by atoms with Crippen molar-refractivity contribution in [2.24, 2.45) is 0 Å². The lowest BCUT2D eigenvalue weighted by Gasteiger charge is -2.32. The summed E-state index contributed by atoms with van der Waals surface area (Å²) in [5.41, 5.74) is 2.51. The van der Waals surface area contributed by atoms with Gasteiger partial charge in [0.1, 0.15) is 11.6 Å². The number of amides is 1. The van der Waals surface area contributed by atoms with E-state index >= 15 is 0 Å². The predicted molar refractivity (Wildman–Crippen MR) is 92.5 cm³/mol. The van der Waals surface area contributed by atoms with Crippen LogP contribution in [0.3, 0.4) is 0 Å². The molecule has 25 heavy (non-hydrogen) atoms. The number of hydrogen-bond donors (Lipinski definition) is 1. The number of likely N-dealkylation sites (tertiary alicyclic amines) is 1. The van der Waals surface area contributed by atoms with Crippen molar-refractivity contribution in [3.63, 3.8) is 0 Å². The van der Waals surface area contributed by atoms with E-state index in [1.807, 2.05) is 17.2 Å². The van der Waals surface area contributed by atoms with Crippen LogP contribution >= 0.6 is 0 Å². The third-order valence-electron chi connectivity index (χ3n) is 4.99. The molecule has 1 amide bonds. The molecular formula is C20H18F2N2O. The molecule has 0 radical (unpaired) electrons. The zero-order valence-electron chi connectivity index (χ0n) is 13.6. The fraction of sp³-hybridized carbons (Fsp3) is 0.250. The summed E-state index contributed by atoms with van der Waals surface area (Å²) in [4.78, 5) is 17.5. The number of piperidine rings is 1. The second kappa shape index (κ2) is 6.31. The van der Waals surface area contributed by atoms with E-state index in [2.05, 4.69) is 4.98 Å². The highest BCUT2D eigenvalue weighted by molar-refractivity contribution is 5.94. The quantitative estimate of drug-likeness (QED) is 0.734. The molecule has 1 aliphatic heterocycles. The van der Waals surface area contributed by atoms with Gasteiger partial charge in [-0.25, -0.2) is 8.78 Å². The minimum absolute atomic E-state index is 0.0561. The molecule has 1 fully saturated rings. The molecule has 4 rings (SSSR count). The first-order chi connectivity index (χ1) is 12.1. The van der Waals surface area contributed by atoms with Gasteiger partial charge in [0.2, 0.25) is 0 Å². The number of halogens is 2. The van der Waals surface area contributed by atoms with E-state index in [0.29, 0.717) is 24.6 Å². The maximum atomic E-state index is 13.3. The number of nitrogens with zero attached hydrogens (tertiary/aromatic N) is 1. The number of benzene rings is 2. The lowest BCUT2D eigenvalue weighted by molar-refractivity contribution is 0.0713. The monoisotopic (exact) mass is 340 g/mol. The molecule has 0 saturated carbocycles. The highest BCUT2D eigenvalue weighted by Crippen LogP contribution is 2.33. The summed E-state index contributed by atoms with van der Waals surface area (Å²) in [5, 5.41) is 1.05. The molecule has 5 heteroatoms. The normalized spacial score (nSPS) is 15.7. The van der Waals surface area contributed by atoms with Crippen molar-refractivity contribution >= 4 is 16.8 Å². The predicted octanol–water partition coefficient (Wildman–Crippen LogP) is 4.47. The molecule has 0 unspecified atom stereocenters. The standard InChI is InChI=1S/C20H18F2N2O/c21-15-3-1-14(2-4-15)20(25)24-9-7-13(8-10-24)18-12-23-19-11-16(22)5-6-17(18)19/h1-6,11-13,23H,7-10H2. The van der Waals surface area contributed by atoms with Crippen molar-refractivity contribution in [2.45, 2.75) is 18.8 Å². The maximum absolute atomic E-state index is 13.3. The van der Waals surface area contributed by atoms with Crippen molar-refractivity contribution in [1.82, 2.24) is 9.88 Å². The fourth-order valence-corrected chi connectivity index (χ4v) is 3.63. The molecule has 0 bridgehead atoms. The Morgan fingerprint density at radius 1 is 1.00 bits per heavy atom. The molecule has 0 spiro atoms. The van der Waals surface area contributed by atoms with Crippen molar-refractivity contribution in [3.8, 4) is 0 Å². The van der Waals surface area contributed by atoms with Crippen LogP contribution in [-0.2, 0) is 0 Å². The number of hydrogen-bond acceptors (Lipinski definition) is 1. The van der Waals surface area contributed by atoms with E-state index < -0.39 is 0 Å². The first kappa shape index (κ1) is 15.8. The van der Waals surface area contributed by atoms with Gasteiger partial charge in [0.15, 0.2) is 0 Å². The van der Waals surface area contributed by atoms with E-state index in [1.165, 1.54) is 42.0 Å². The second-order valence-electron chi connectivity index (χ2n) is 6.51. The Bertz CT molecular complexity index is 909. The van der Waals surface area contributed by atoms with Crippen LogP contribution in [0, 0.1) is 11.6 Å². The Balaban J connectivity index is 1.47. The third-order valence-corrected chi connectivity index (χ3v) is 4.99. The van der Waals surface area contributed by atoms with Crippen LogP contribution in [0.25, 0.3) is 10.9 Å². The molecule has 2 heterocycles. The molecular weight excluding hydrogens is 322 g/mol. The van der Waals surface area contributed by atoms with Gasteiger partial charge in [0, 0.05) is 35.8 Å². The van der Waals surface area contributed by atoms with Crippen molar-refractivity contribution < 1.29 is 13.6 Å². The van der Waals surface area contributed by atoms with Crippen LogP contribution in [-0.4, -0.2) is 28.9 Å². The number of nitrogens with one attached hydrogen (secondary N) is 1. The Labute approximate surface area is 144 Å². The van der Waals surface area contributed by atoms with Crippen LogP contribution in [0.15, 0.2) is 48.7 Å². The van der Waals surface area contributed by atoms with Crippen molar-refractivity contribution in [3.05, 3.63) is 71.4 Å². The molecule has 1 saturated heterocycles. The number of rotatable bonds is 2. The van der Waals surface area contributed by atoms with Gasteiger partial charge < -0.3 is 9.88 Å². The summed E-state index contributed by atoms with van der Waals surface area (Å²) in [6.07, 6.45) is 3.67. The maximum Gasteiger partial charge on any atom is 0.253 e. The fourth-order valence-electron chi connectivity index (χ4n) is 3.63. The SMILES string of the molecule is O=C(c1ccc(F)cc1)N1CCC(c2c[nH]c3cc(F)ccc23)CC1. The minimum Gasteiger partial charge on any atom is -0.361 e. The number of aromatic nitrogens is 1. The van der Waals surface area contributed by atoms with Crippen LogP contribution < -0.4 is 0 Å². The Morgan fingerprint density at radius 2 is 1.68 bits per heavy atom. The summed E-state index contributed by atoms with van der Waals surface area (Å²) in [6.45, 7) is 1.32. The molecule has 1 aromatic heterocycles. The largest absolute Gasteiger partial charge is 0.361 e. The third kappa shape index (κ3) is 3.02. The van der Waals surface area contributed by atoms with Crippen LogP contribution in [0.5, 0.6) is 0 Å². The smallest absolute Gasteiger partial charge is 0.253 e. The highest BCUT2D eigenvalue weighted by Gasteiger charge is 2.26. The number of H-pyrrole nitrogens is 1. The van der Waals surface area contributed by atoms with Gasteiger partial charge in [0.05, 0.1) is 0 Å². The zero-order valence-corrected chi connectivity index (χ0v) is 13.6. The van der Waals surface area contributed by atoms with Crippen LogP contribution in [0.4, 0.5) is 8.78 Å². The van der Waals surface area contributed by atoms with Crippen molar-refractivity contribution in [1.29, 1.82) is 0 Å². The van der Waals surface area contributed by atoms with Crippen LogP contribution in [0.1, 0.15) is 34.7 Å². The van der Waals surface area contributed by atoms with Gasteiger partial charge in [-0.15, -0.1) is 0 Å². The van der Waals surface area contributed by atoms with Gasteiger partial charge >= 0.3 is 0 Å². The molecule has 128 valence electrons. The summed E-state index contributed by atoms with van der Waals surface area (Å²) >= 11 is 0. The molecule has 1 aliphatic rings. The highest BCUT2D eigenvalue weighted by atomic mass is 19.1. The van der Waals surface area contributed by atoms with Gasteiger partial charge in [-0.2, -0.15) is 0 Å². The average molecular weight is 340 g/mol. The molecule has 0 atom stereocenters. The lowest BCUT2D eigenvalue weighted by Crippen LogP contribution is -2.37.